The lowest BCUT2D eigenvalue weighted by Gasteiger charge is -2.33. The van der Waals surface area contributed by atoms with Gasteiger partial charge in [-0.05, 0) is 19.9 Å². The molecular formula is C19H25N3O4S. The SMILES string of the molecule is CC(C)OCC(=O)N1CCOC(c2c(C(=O)N(C)C)sc3ncccc23)C1. The van der Waals surface area contributed by atoms with Gasteiger partial charge >= 0.3 is 0 Å². The van der Waals surface area contributed by atoms with E-state index >= 15 is 0 Å². The van der Waals surface area contributed by atoms with Crippen LogP contribution >= 0.6 is 11.3 Å². The van der Waals surface area contributed by atoms with E-state index in [-0.39, 0.29) is 30.6 Å². The molecule has 1 saturated heterocycles. The van der Waals surface area contributed by atoms with Gasteiger partial charge in [-0.25, -0.2) is 4.98 Å². The Bertz CT molecular complexity index is 833. The Balaban J connectivity index is 1.90. The first-order chi connectivity index (χ1) is 12.9. The number of fused-ring (bicyclic) bond motifs is 1. The van der Waals surface area contributed by atoms with Gasteiger partial charge in [0.1, 0.15) is 22.4 Å². The summed E-state index contributed by atoms with van der Waals surface area (Å²) in [5.74, 6) is -0.140. The molecule has 27 heavy (non-hydrogen) atoms. The van der Waals surface area contributed by atoms with Gasteiger partial charge in [-0.15, -0.1) is 11.3 Å². The third kappa shape index (κ3) is 4.28. The second-order valence-corrected chi connectivity index (χ2v) is 7.96. The molecule has 0 aromatic carbocycles. The zero-order valence-electron chi connectivity index (χ0n) is 16.1. The van der Waals surface area contributed by atoms with Gasteiger partial charge in [0.2, 0.25) is 5.91 Å². The fourth-order valence-corrected chi connectivity index (χ4v) is 4.23. The highest BCUT2D eigenvalue weighted by Crippen LogP contribution is 2.37. The Hall–Kier alpha value is -2.03. The van der Waals surface area contributed by atoms with Crippen LogP contribution in [-0.4, -0.2) is 73.1 Å². The molecule has 0 radical (unpaired) electrons. The highest BCUT2D eigenvalue weighted by atomic mass is 32.1. The van der Waals surface area contributed by atoms with E-state index in [1.807, 2.05) is 26.0 Å². The van der Waals surface area contributed by atoms with Gasteiger partial charge in [0.25, 0.3) is 5.91 Å². The molecule has 0 spiro atoms. The molecule has 2 amide bonds. The number of amides is 2. The summed E-state index contributed by atoms with van der Waals surface area (Å²) >= 11 is 1.37. The minimum absolute atomic E-state index is 0.00185. The molecule has 1 fully saturated rings. The second kappa shape index (κ2) is 8.33. The third-order valence-electron chi connectivity index (χ3n) is 4.39. The normalized spacial score (nSPS) is 17.5. The van der Waals surface area contributed by atoms with E-state index in [1.165, 1.54) is 11.3 Å². The number of pyridine rings is 1. The van der Waals surface area contributed by atoms with Gasteiger partial charge in [-0.3, -0.25) is 9.59 Å². The number of aromatic nitrogens is 1. The number of hydrogen-bond donors (Lipinski definition) is 0. The van der Waals surface area contributed by atoms with Crippen molar-refractivity contribution in [3.8, 4) is 0 Å². The molecule has 0 aliphatic carbocycles. The minimum atomic E-state index is -0.362. The van der Waals surface area contributed by atoms with Crippen molar-refractivity contribution < 1.29 is 19.1 Å². The highest BCUT2D eigenvalue weighted by Gasteiger charge is 2.32. The summed E-state index contributed by atoms with van der Waals surface area (Å²) < 4.78 is 11.4. The van der Waals surface area contributed by atoms with Gasteiger partial charge in [0.15, 0.2) is 0 Å². The summed E-state index contributed by atoms with van der Waals surface area (Å²) in [6.45, 7) is 5.20. The van der Waals surface area contributed by atoms with Crippen LogP contribution in [0.15, 0.2) is 18.3 Å². The van der Waals surface area contributed by atoms with E-state index < -0.39 is 0 Å². The molecule has 0 bridgehead atoms. The summed E-state index contributed by atoms with van der Waals surface area (Å²) in [6, 6.07) is 3.80. The predicted molar refractivity (Wildman–Crippen MR) is 104 cm³/mol. The van der Waals surface area contributed by atoms with Crippen LogP contribution in [-0.2, 0) is 14.3 Å². The molecule has 3 heterocycles. The maximum atomic E-state index is 12.7. The number of ether oxygens (including phenoxy) is 2. The van der Waals surface area contributed by atoms with Crippen molar-refractivity contribution in [3.63, 3.8) is 0 Å². The van der Waals surface area contributed by atoms with Crippen LogP contribution < -0.4 is 0 Å². The van der Waals surface area contributed by atoms with Crippen molar-refractivity contribution in [2.24, 2.45) is 0 Å². The number of rotatable bonds is 5. The number of thiophene rings is 1. The summed E-state index contributed by atoms with van der Waals surface area (Å²) in [5, 5.41) is 0.908. The van der Waals surface area contributed by atoms with Gasteiger partial charge in [-0.2, -0.15) is 0 Å². The number of carbonyl (C=O) groups excluding carboxylic acids is 2. The first-order valence-electron chi connectivity index (χ1n) is 8.98. The Morgan fingerprint density at radius 2 is 2.22 bits per heavy atom. The molecule has 1 aliphatic rings. The van der Waals surface area contributed by atoms with Crippen LogP contribution in [0.25, 0.3) is 10.2 Å². The van der Waals surface area contributed by atoms with Crippen molar-refractivity contribution in [3.05, 3.63) is 28.8 Å². The molecule has 8 heteroatoms. The average Bonchev–Trinajstić information content (AvgIpc) is 3.04. The molecule has 3 rings (SSSR count). The Labute approximate surface area is 162 Å². The summed E-state index contributed by atoms with van der Waals surface area (Å²) in [6.07, 6.45) is 1.36. The number of morpholine rings is 1. The van der Waals surface area contributed by atoms with Crippen molar-refractivity contribution in [2.75, 3.05) is 40.4 Å². The first kappa shape index (κ1) is 19.7. The molecule has 2 aromatic heterocycles. The quantitative estimate of drug-likeness (QED) is 0.782. The molecule has 0 saturated carbocycles. The highest BCUT2D eigenvalue weighted by molar-refractivity contribution is 7.20. The van der Waals surface area contributed by atoms with Gasteiger partial charge in [0, 0.05) is 37.8 Å². The number of nitrogens with zero attached hydrogens (tertiary/aromatic N) is 3. The van der Waals surface area contributed by atoms with Crippen molar-refractivity contribution in [1.29, 1.82) is 0 Å². The minimum Gasteiger partial charge on any atom is -0.370 e. The number of carbonyl (C=O) groups is 2. The maximum Gasteiger partial charge on any atom is 0.263 e. The van der Waals surface area contributed by atoms with E-state index in [2.05, 4.69) is 4.98 Å². The summed E-state index contributed by atoms with van der Waals surface area (Å²) in [7, 11) is 3.45. The molecule has 1 aliphatic heterocycles. The van der Waals surface area contributed by atoms with Crippen LogP contribution in [0.1, 0.15) is 35.2 Å². The van der Waals surface area contributed by atoms with Crippen molar-refractivity contribution in [2.45, 2.75) is 26.1 Å². The lowest BCUT2D eigenvalue weighted by molar-refractivity contribution is -0.145. The van der Waals surface area contributed by atoms with E-state index in [9.17, 15) is 9.59 Å². The van der Waals surface area contributed by atoms with E-state index in [0.29, 0.717) is 24.6 Å². The predicted octanol–water partition coefficient (Wildman–Crippen LogP) is 2.32. The van der Waals surface area contributed by atoms with Crippen LogP contribution in [0.4, 0.5) is 0 Å². The molecule has 0 N–H and O–H groups in total. The summed E-state index contributed by atoms with van der Waals surface area (Å²) in [4.78, 5) is 34.3. The van der Waals surface area contributed by atoms with Gasteiger partial charge < -0.3 is 19.3 Å². The van der Waals surface area contributed by atoms with E-state index in [4.69, 9.17) is 9.47 Å². The average molecular weight is 391 g/mol. The van der Waals surface area contributed by atoms with Crippen LogP contribution in [0.5, 0.6) is 0 Å². The molecule has 7 nitrogen and oxygen atoms in total. The van der Waals surface area contributed by atoms with Crippen LogP contribution in [0.3, 0.4) is 0 Å². The standard InChI is InChI=1S/C19H25N3O4S/c1-12(2)26-11-15(23)22-8-9-25-14(10-22)16-13-6-5-7-20-18(13)27-17(16)19(24)21(3)4/h5-7,12,14H,8-11H2,1-4H3. The van der Waals surface area contributed by atoms with Crippen LogP contribution in [0, 0.1) is 0 Å². The summed E-state index contributed by atoms with van der Waals surface area (Å²) in [5.41, 5.74) is 0.823. The molecule has 2 aromatic rings. The van der Waals surface area contributed by atoms with E-state index in [0.717, 1.165) is 15.8 Å². The maximum absolute atomic E-state index is 12.7. The zero-order valence-corrected chi connectivity index (χ0v) is 16.9. The first-order valence-corrected chi connectivity index (χ1v) is 9.80. The molecular weight excluding hydrogens is 366 g/mol. The van der Waals surface area contributed by atoms with Crippen LogP contribution in [0.2, 0.25) is 0 Å². The Kier molecular flexibility index (Phi) is 6.08. The van der Waals surface area contributed by atoms with Gasteiger partial charge in [0.05, 0.1) is 19.3 Å². The smallest absolute Gasteiger partial charge is 0.263 e. The topological polar surface area (TPSA) is 72.0 Å². The molecule has 1 atom stereocenters. The largest absolute Gasteiger partial charge is 0.370 e. The lowest BCUT2D eigenvalue weighted by atomic mass is 10.0. The van der Waals surface area contributed by atoms with Crippen molar-refractivity contribution >= 4 is 33.4 Å². The van der Waals surface area contributed by atoms with E-state index in [1.54, 1.807) is 30.1 Å². The Morgan fingerprint density at radius 3 is 2.93 bits per heavy atom. The molecule has 146 valence electrons. The Morgan fingerprint density at radius 1 is 1.44 bits per heavy atom. The molecule has 1 unspecified atom stereocenters. The zero-order chi connectivity index (χ0) is 19.6. The number of hydrogen-bond acceptors (Lipinski definition) is 6. The van der Waals surface area contributed by atoms with Gasteiger partial charge in [-0.1, -0.05) is 6.07 Å². The monoisotopic (exact) mass is 391 g/mol. The van der Waals surface area contributed by atoms with Crippen molar-refractivity contribution in [1.82, 2.24) is 14.8 Å². The second-order valence-electron chi connectivity index (χ2n) is 6.96. The fraction of sp³-hybridized carbons (Fsp3) is 0.526. The lowest BCUT2D eigenvalue weighted by Crippen LogP contribution is -2.44. The fourth-order valence-electron chi connectivity index (χ4n) is 3.01. The third-order valence-corrected chi connectivity index (χ3v) is 5.50.